The number of carbonyl (C=O) groups excluding carboxylic acids is 1. The zero-order valence-electron chi connectivity index (χ0n) is 5.24. The van der Waals surface area contributed by atoms with E-state index >= 15 is 0 Å². The van der Waals surface area contributed by atoms with Crippen molar-refractivity contribution in [2.24, 2.45) is 5.73 Å². The van der Waals surface area contributed by atoms with E-state index in [-0.39, 0.29) is 13.2 Å². The summed E-state index contributed by atoms with van der Waals surface area (Å²) in [5.41, 5.74) is 5.00. The van der Waals surface area contributed by atoms with Gasteiger partial charge in [-0.25, -0.2) is 0 Å². The summed E-state index contributed by atoms with van der Waals surface area (Å²) in [6.07, 6.45) is 1.44. The highest BCUT2D eigenvalue weighted by Crippen LogP contribution is 1.79. The second-order valence-electron chi connectivity index (χ2n) is 1.60. The topological polar surface area (TPSA) is 89.6 Å². The van der Waals surface area contributed by atoms with Gasteiger partial charge in [0, 0.05) is 0 Å². The summed E-state index contributed by atoms with van der Waals surface area (Å²) in [6, 6.07) is -1.06. The molecular formula is C5H8NO4. The van der Waals surface area contributed by atoms with Crippen LogP contribution in [0.25, 0.3) is 0 Å². The van der Waals surface area contributed by atoms with Crippen LogP contribution in [0.1, 0.15) is 0 Å². The minimum atomic E-state index is -1.15. The Hall–Kier alpha value is -0.940. The maximum absolute atomic E-state index is 9.99. The first-order chi connectivity index (χ1) is 4.68. The third kappa shape index (κ3) is 3.99. The van der Waals surface area contributed by atoms with Crippen molar-refractivity contribution in [2.45, 2.75) is 6.04 Å². The fourth-order valence-corrected chi connectivity index (χ4v) is 0.299. The Morgan fingerprint density at radius 2 is 2.40 bits per heavy atom. The third-order valence-electron chi connectivity index (χ3n) is 0.776. The molecule has 1 atom stereocenters. The van der Waals surface area contributed by atoms with Gasteiger partial charge in [-0.05, 0) is 0 Å². The second-order valence-corrected chi connectivity index (χ2v) is 1.60. The average molecular weight is 146 g/mol. The molecule has 0 heterocycles. The molecule has 0 aliphatic heterocycles. The number of carboxylic acids is 1. The van der Waals surface area contributed by atoms with Crippen molar-refractivity contribution in [3.8, 4) is 0 Å². The van der Waals surface area contributed by atoms with Crippen LogP contribution in [0.2, 0.25) is 0 Å². The predicted octanol–water partition coefficient (Wildman–Crippen LogP) is -1.48. The Kier molecular flexibility index (Phi) is 4.43. The molecule has 0 saturated heterocycles. The van der Waals surface area contributed by atoms with Crippen LogP contribution in [0.15, 0.2) is 0 Å². The van der Waals surface area contributed by atoms with Crippen molar-refractivity contribution in [1.82, 2.24) is 0 Å². The van der Waals surface area contributed by atoms with Crippen molar-refractivity contribution < 1.29 is 19.4 Å². The molecular weight excluding hydrogens is 138 g/mol. The number of carbonyl (C=O) groups is 1. The quantitative estimate of drug-likeness (QED) is 0.462. The van der Waals surface area contributed by atoms with Crippen molar-refractivity contribution >= 4 is 12.3 Å². The normalized spacial score (nSPS) is 12.5. The molecule has 0 aliphatic rings. The van der Waals surface area contributed by atoms with Crippen LogP contribution in [0.5, 0.6) is 0 Å². The number of hydrogen-bond donors (Lipinski definition) is 2. The number of nitrogens with two attached hydrogens (primary N) is 1. The molecule has 0 spiro atoms. The Morgan fingerprint density at radius 1 is 1.80 bits per heavy atom. The smallest absolute Gasteiger partial charge is 0.322 e. The monoisotopic (exact) mass is 146 g/mol. The predicted molar refractivity (Wildman–Crippen MR) is 32.1 cm³/mol. The fraction of sp³-hybridized carbons (Fsp3) is 0.600. The molecule has 0 aromatic carbocycles. The molecule has 3 N–H and O–H groups in total. The van der Waals surface area contributed by atoms with E-state index in [1.807, 2.05) is 0 Å². The maximum Gasteiger partial charge on any atom is 0.322 e. The Bertz CT molecular complexity index is 125. The first-order valence-corrected chi connectivity index (χ1v) is 2.59. The lowest BCUT2D eigenvalue weighted by Crippen LogP contribution is -2.35. The van der Waals surface area contributed by atoms with Gasteiger partial charge < -0.3 is 15.6 Å². The minimum absolute atomic E-state index is 0.162. The molecule has 0 rings (SSSR count). The molecule has 0 fully saturated rings. The first-order valence-electron chi connectivity index (χ1n) is 2.59. The second kappa shape index (κ2) is 4.89. The van der Waals surface area contributed by atoms with Gasteiger partial charge in [0.05, 0.1) is 6.61 Å². The van der Waals surface area contributed by atoms with E-state index in [1.165, 1.54) is 6.29 Å². The van der Waals surface area contributed by atoms with Crippen LogP contribution in [-0.4, -0.2) is 36.6 Å². The Balaban J connectivity index is 3.30. The zero-order chi connectivity index (χ0) is 7.98. The number of rotatable bonds is 5. The number of aliphatic carboxylic acids is 1. The molecule has 0 aromatic heterocycles. The highest BCUT2D eigenvalue weighted by Gasteiger charge is 2.10. The molecule has 0 amide bonds. The lowest BCUT2D eigenvalue weighted by molar-refractivity contribution is -0.139. The molecule has 5 heteroatoms. The summed E-state index contributed by atoms with van der Waals surface area (Å²) in [4.78, 5) is 19.5. The van der Waals surface area contributed by atoms with E-state index in [0.29, 0.717) is 0 Å². The van der Waals surface area contributed by atoms with Gasteiger partial charge in [-0.15, -0.1) is 0 Å². The van der Waals surface area contributed by atoms with E-state index in [1.54, 1.807) is 0 Å². The molecule has 57 valence electrons. The van der Waals surface area contributed by atoms with E-state index in [2.05, 4.69) is 4.74 Å². The molecule has 0 saturated carbocycles. The van der Waals surface area contributed by atoms with E-state index in [4.69, 9.17) is 10.8 Å². The van der Waals surface area contributed by atoms with Gasteiger partial charge in [-0.2, -0.15) is 0 Å². The van der Waals surface area contributed by atoms with Crippen molar-refractivity contribution in [1.29, 1.82) is 0 Å². The van der Waals surface area contributed by atoms with Gasteiger partial charge in [0.25, 0.3) is 0 Å². The van der Waals surface area contributed by atoms with E-state index < -0.39 is 12.0 Å². The van der Waals surface area contributed by atoms with Gasteiger partial charge >= 0.3 is 5.97 Å². The summed E-state index contributed by atoms with van der Waals surface area (Å²) in [5, 5.41) is 8.18. The molecule has 0 aromatic rings. The highest BCUT2D eigenvalue weighted by atomic mass is 16.5. The van der Waals surface area contributed by atoms with Gasteiger partial charge in [0.2, 0.25) is 6.29 Å². The van der Waals surface area contributed by atoms with Crippen LogP contribution in [-0.2, 0) is 14.3 Å². The minimum Gasteiger partial charge on any atom is -0.480 e. The molecule has 0 bridgehead atoms. The van der Waals surface area contributed by atoms with Gasteiger partial charge in [0.1, 0.15) is 12.6 Å². The summed E-state index contributed by atoms with van der Waals surface area (Å²) in [6.45, 7) is -0.397. The van der Waals surface area contributed by atoms with Crippen LogP contribution in [0.3, 0.4) is 0 Å². The van der Waals surface area contributed by atoms with Gasteiger partial charge in [-0.3, -0.25) is 9.59 Å². The van der Waals surface area contributed by atoms with Crippen molar-refractivity contribution in [3.05, 3.63) is 0 Å². The summed E-state index contributed by atoms with van der Waals surface area (Å²) >= 11 is 0. The average Bonchev–Trinajstić information content (AvgIpc) is 1.88. The van der Waals surface area contributed by atoms with Crippen molar-refractivity contribution in [2.75, 3.05) is 13.2 Å². The molecule has 1 radical (unpaired) electrons. The molecule has 1 unspecified atom stereocenters. The number of carboxylic acid groups (broad SMARTS) is 1. The summed E-state index contributed by atoms with van der Waals surface area (Å²) in [5.74, 6) is -1.15. The van der Waals surface area contributed by atoms with Crippen LogP contribution >= 0.6 is 0 Å². The van der Waals surface area contributed by atoms with Crippen LogP contribution in [0.4, 0.5) is 0 Å². The standard InChI is InChI=1S/C5H8NO4/c6-4(5(8)9)3-10-2-1-7/h4H,2-3,6H2,(H,8,9). The van der Waals surface area contributed by atoms with Crippen LogP contribution < -0.4 is 5.73 Å². The first kappa shape index (κ1) is 9.06. The largest absolute Gasteiger partial charge is 0.480 e. The SMILES string of the molecule is NC(COC[C]=O)C(=O)O. The summed E-state index contributed by atoms with van der Waals surface area (Å²) in [7, 11) is 0. The Labute approximate surface area is 57.8 Å². The van der Waals surface area contributed by atoms with Crippen LogP contribution in [0, 0.1) is 0 Å². The molecule has 10 heavy (non-hydrogen) atoms. The molecule has 5 nitrogen and oxygen atoms in total. The number of hydrogen-bond acceptors (Lipinski definition) is 4. The highest BCUT2D eigenvalue weighted by molar-refractivity contribution is 5.73. The van der Waals surface area contributed by atoms with Gasteiger partial charge in [0.15, 0.2) is 0 Å². The van der Waals surface area contributed by atoms with Gasteiger partial charge in [-0.1, -0.05) is 0 Å². The third-order valence-corrected chi connectivity index (χ3v) is 0.776. The lowest BCUT2D eigenvalue weighted by Gasteiger charge is -2.03. The fourth-order valence-electron chi connectivity index (χ4n) is 0.299. The Morgan fingerprint density at radius 3 is 2.80 bits per heavy atom. The molecule has 0 aliphatic carbocycles. The number of ether oxygens (including phenoxy) is 1. The van der Waals surface area contributed by atoms with E-state index in [0.717, 1.165) is 0 Å². The zero-order valence-corrected chi connectivity index (χ0v) is 5.24. The van der Waals surface area contributed by atoms with E-state index in [9.17, 15) is 9.59 Å². The van der Waals surface area contributed by atoms with Crippen molar-refractivity contribution in [3.63, 3.8) is 0 Å². The lowest BCUT2D eigenvalue weighted by atomic mass is 10.3. The summed E-state index contributed by atoms with van der Waals surface area (Å²) < 4.78 is 4.48. The maximum atomic E-state index is 9.99.